The third-order valence-electron chi connectivity index (χ3n) is 4.94. The fourth-order valence-electron chi connectivity index (χ4n) is 3.40. The summed E-state index contributed by atoms with van der Waals surface area (Å²) in [4.78, 5) is 17.4. The molecule has 0 unspecified atom stereocenters. The maximum absolute atomic E-state index is 12.6. The molecule has 2 aromatic carbocycles. The highest BCUT2D eigenvalue weighted by molar-refractivity contribution is 7.91. The maximum Gasteiger partial charge on any atom is 0.225 e. The van der Waals surface area contributed by atoms with Crippen LogP contribution in [0.25, 0.3) is 15.3 Å². The van der Waals surface area contributed by atoms with Crippen molar-refractivity contribution in [1.29, 1.82) is 0 Å². The largest absolute Gasteiger partial charge is 0.492 e. The van der Waals surface area contributed by atoms with Crippen molar-refractivity contribution in [1.82, 2.24) is 14.8 Å². The summed E-state index contributed by atoms with van der Waals surface area (Å²) < 4.78 is 33.1. The van der Waals surface area contributed by atoms with Gasteiger partial charge in [-0.15, -0.1) is 0 Å². The van der Waals surface area contributed by atoms with Gasteiger partial charge in [0.2, 0.25) is 11.0 Å². The van der Waals surface area contributed by atoms with E-state index in [0.29, 0.717) is 34.0 Å². The molecule has 0 saturated heterocycles. The van der Waals surface area contributed by atoms with Gasteiger partial charge in [-0.3, -0.25) is 4.79 Å². The topological polar surface area (TPSA) is 103 Å². The highest BCUT2D eigenvalue weighted by Gasteiger charge is 2.18. The molecule has 2 heterocycles. The Morgan fingerprint density at radius 2 is 1.97 bits per heavy atom. The lowest BCUT2D eigenvalue weighted by Gasteiger charge is -2.07. The number of benzene rings is 2. The monoisotopic (exact) mass is 518 g/mol. The molecule has 0 aliphatic heterocycles. The van der Waals surface area contributed by atoms with Gasteiger partial charge in [0.25, 0.3) is 0 Å². The van der Waals surface area contributed by atoms with Crippen LogP contribution in [0.2, 0.25) is 5.02 Å². The Labute approximate surface area is 206 Å². The summed E-state index contributed by atoms with van der Waals surface area (Å²) in [5, 5.41) is 8.36. The second kappa shape index (κ2) is 10.1. The molecule has 0 aliphatic carbocycles. The Hall–Kier alpha value is -2.95. The first-order valence-electron chi connectivity index (χ1n) is 10.6. The van der Waals surface area contributed by atoms with Gasteiger partial charge < -0.3 is 10.1 Å². The van der Waals surface area contributed by atoms with E-state index in [1.807, 2.05) is 32.0 Å². The Morgan fingerprint density at radius 1 is 1.21 bits per heavy atom. The Kier molecular flexibility index (Phi) is 7.20. The maximum atomic E-state index is 12.6. The molecule has 0 radical (unpaired) electrons. The molecule has 11 heteroatoms. The molecule has 0 saturated carbocycles. The first-order chi connectivity index (χ1) is 16.3. The van der Waals surface area contributed by atoms with Gasteiger partial charge in [-0.05, 0) is 56.7 Å². The average molecular weight is 519 g/mol. The van der Waals surface area contributed by atoms with Gasteiger partial charge in [0.1, 0.15) is 17.1 Å². The summed E-state index contributed by atoms with van der Waals surface area (Å²) in [6, 6.07) is 13.5. The minimum Gasteiger partial charge on any atom is -0.492 e. The van der Waals surface area contributed by atoms with E-state index in [1.54, 1.807) is 10.7 Å². The van der Waals surface area contributed by atoms with Crippen LogP contribution < -0.4 is 10.1 Å². The molecule has 0 atom stereocenters. The number of para-hydroxylation sites is 1. The van der Waals surface area contributed by atoms with Crippen molar-refractivity contribution in [3.05, 3.63) is 59.2 Å². The van der Waals surface area contributed by atoms with Crippen LogP contribution in [0, 0.1) is 6.92 Å². The number of aryl methyl sites for hydroxylation is 1. The van der Waals surface area contributed by atoms with Gasteiger partial charge in [0, 0.05) is 17.5 Å². The fraction of sp³-hybridized carbons (Fsp3) is 0.261. The van der Waals surface area contributed by atoms with Crippen LogP contribution >= 0.6 is 22.9 Å². The minimum atomic E-state index is -3.49. The minimum absolute atomic E-state index is 0.0470. The zero-order valence-corrected chi connectivity index (χ0v) is 21.0. The number of rotatable bonds is 9. The Morgan fingerprint density at radius 3 is 2.71 bits per heavy atom. The number of hydrogen-bond acceptors (Lipinski definition) is 7. The summed E-state index contributed by atoms with van der Waals surface area (Å²) in [5.41, 5.74) is 1.45. The predicted molar refractivity (Wildman–Crippen MR) is 134 cm³/mol. The third-order valence-corrected chi connectivity index (χ3v) is 8.01. The summed E-state index contributed by atoms with van der Waals surface area (Å²) in [5.74, 6) is 0.723. The lowest BCUT2D eigenvalue weighted by atomic mass is 10.3. The van der Waals surface area contributed by atoms with E-state index >= 15 is 0 Å². The number of carbonyl (C=O) groups is 1. The van der Waals surface area contributed by atoms with E-state index in [0.717, 1.165) is 10.2 Å². The number of amides is 1. The van der Waals surface area contributed by atoms with Crippen molar-refractivity contribution < 1.29 is 17.9 Å². The molecule has 8 nitrogen and oxygen atoms in total. The van der Waals surface area contributed by atoms with Crippen LogP contribution in [0.3, 0.4) is 0 Å². The smallest absolute Gasteiger partial charge is 0.225 e. The number of carbonyl (C=O) groups excluding carboxylic acids is 1. The number of aromatic nitrogens is 3. The highest BCUT2D eigenvalue weighted by Crippen LogP contribution is 2.32. The van der Waals surface area contributed by atoms with Crippen molar-refractivity contribution in [2.75, 3.05) is 17.7 Å². The van der Waals surface area contributed by atoms with Gasteiger partial charge in [0.05, 0.1) is 27.6 Å². The van der Waals surface area contributed by atoms with Crippen LogP contribution in [0.15, 0.2) is 53.4 Å². The SMILES string of the molecule is CCOc1cccc2sc(-n3nc(C)cc3NC(=O)CCCS(=O)(=O)c3ccc(Cl)cc3)nc12. The fourth-order valence-corrected chi connectivity index (χ4v) is 5.78. The van der Waals surface area contributed by atoms with E-state index in [4.69, 9.17) is 16.3 Å². The molecule has 4 rings (SSSR count). The standard InChI is InChI=1S/C23H23ClN4O4S2/c1-3-32-18-6-4-7-19-22(18)26-23(33-19)28-20(14-15(2)27-28)25-21(29)8-5-13-34(30,31)17-11-9-16(24)10-12-17/h4,6-7,9-12,14H,3,5,8,13H2,1-2H3,(H,25,29). The van der Waals surface area contributed by atoms with Crippen LogP contribution in [-0.2, 0) is 14.6 Å². The van der Waals surface area contributed by atoms with Crippen molar-refractivity contribution in [3.63, 3.8) is 0 Å². The normalized spacial score (nSPS) is 11.6. The molecular formula is C23H23ClN4O4S2. The van der Waals surface area contributed by atoms with Crippen LogP contribution in [-0.4, -0.2) is 41.4 Å². The molecule has 1 N–H and O–H groups in total. The third kappa shape index (κ3) is 5.40. The van der Waals surface area contributed by atoms with E-state index in [-0.39, 0.29) is 29.4 Å². The average Bonchev–Trinajstić information content (AvgIpc) is 3.38. The molecule has 178 valence electrons. The lowest BCUT2D eigenvalue weighted by molar-refractivity contribution is -0.116. The molecule has 0 aliphatic rings. The second-order valence-electron chi connectivity index (χ2n) is 7.54. The number of thiazole rings is 1. The number of fused-ring (bicyclic) bond motifs is 1. The first kappa shape index (κ1) is 24.2. The summed E-state index contributed by atoms with van der Waals surface area (Å²) >= 11 is 7.26. The predicted octanol–water partition coefficient (Wildman–Crippen LogP) is 5.04. The summed E-state index contributed by atoms with van der Waals surface area (Å²) in [6.07, 6.45) is 0.230. The van der Waals surface area contributed by atoms with E-state index in [9.17, 15) is 13.2 Å². The zero-order chi connectivity index (χ0) is 24.3. The summed E-state index contributed by atoms with van der Waals surface area (Å²) in [6.45, 7) is 4.27. The van der Waals surface area contributed by atoms with Crippen molar-refractivity contribution in [3.8, 4) is 10.9 Å². The van der Waals surface area contributed by atoms with Gasteiger partial charge >= 0.3 is 0 Å². The number of nitrogens with one attached hydrogen (secondary N) is 1. The van der Waals surface area contributed by atoms with E-state index < -0.39 is 9.84 Å². The number of halogens is 1. The van der Waals surface area contributed by atoms with Gasteiger partial charge in [0.15, 0.2) is 9.84 Å². The number of ether oxygens (including phenoxy) is 1. The molecule has 1 amide bonds. The molecule has 4 aromatic rings. The van der Waals surface area contributed by atoms with Crippen LogP contribution in [0.5, 0.6) is 5.75 Å². The molecule has 0 bridgehead atoms. The van der Waals surface area contributed by atoms with Gasteiger partial charge in [-0.1, -0.05) is 29.0 Å². The van der Waals surface area contributed by atoms with E-state index in [1.165, 1.54) is 35.6 Å². The Balaban J connectivity index is 1.45. The highest BCUT2D eigenvalue weighted by atomic mass is 35.5. The lowest BCUT2D eigenvalue weighted by Crippen LogP contribution is -2.16. The number of anilines is 1. The number of nitrogens with zero attached hydrogens (tertiary/aromatic N) is 3. The molecule has 0 fully saturated rings. The van der Waals surface area contributed by atoms with Gasteiger partial charge in [-0.2, -0.15) is 9.78 Å². The zero-order valence-electron chi connectivity index (χ0n) is 18.6. The second-order valence-corrected chi connectivity index (χ2v) is 11.1. The summed E-state index contributed by atoms with van der Waals surface area (Å²) in [7, 11) is -3.49. The van der Waals surface area contributed by atoms with E-state index in [2.05, 4.69) is 15.4 Å². The number of hydrogen-bond donors (Lipinski definition) is 1. The molecule has 0 spiro atoms. The first-order valence-corrected chi connectivity index (χ1v) is 13.5. The van der Waals surface area contributed by atoms with Gasteiger partial charge in [-0.25, -0.2) is 13.4 Å². The Bertz CT molecular complexity index is 1430. The molecule has 2 aromatic heterocycles. The van der Waals surface area contributed by atoms with Crippen LogP contribution in [0.1, 0.15) is 25.5 Å². The van der Waals surface area contributed by atoms with Crippen LogP contribution in [0.4, 0.5) is 5.82 Å². The quantitative estimate of drug-likeness (QED) is 0.333. The molecular weight excluding hydrogens is 496 g/mol. The van der Waals surface area contributed by atoms with Crippen molar-refractivity contribution in [2.24, 2.45) is 0 Å². The van der Waals surface area contributed by atoms with Crippen molar-refractivity contribution in [2.45, 2.75) is 31.6 Å². The van der Waals surface area contributed by atoms with Crippen molar-refractivity contribution >= 4 is 54.7 Å². The molecule has 34 heavy (non-hydrogen) atoms. The number of sulfone groups is 1.